The third-order valence-electron chi connectivity index (χ3n) is 2.10. The predicted octanol–water partition coefficient (Wildman–Crippen LogP) is 3.30. The number of esters is 1. The highest BCUT2D eigenvalue weighted by Gasteiger charge is 2.05. The third-order valence-corrected chi connectivity index (χ3v) is 3.44. The van der Waals surface area contributed by atoms with Gasteiger partial charge in [0.1, 0.15) is 6.35 Å². The van der Waals surface area contributed by atoms with E-state index in [0.717, 1.165) is 16.4 Å². The number of carbonyl (C=O) groups excluding carboxylic acids is 1. The first-order chi connectivity index (χ1) is 8.13. The first-order valence-corrected chi connectivity index (χ1v) is 7.44. The van der Waals surface area contributed by atoms with E-state index in [1.807, 2.05) is 19.1 Å². The van der Waals surface area contributed by atoms with Crippen LogP contribution in [0.5, 0.6) is 0 Å². The SMILES string of the molecule is CC(=S)SCCc1ccc(C(=O)OCP)cc1. The molecule has 0 saturated heterocycles. The Hall–Kier alpha value is -0.440. The van der Waals surface area contributed by atoms with Crippen molar-refractivity contribution < 1.29 is 9.53 Å². The molecule has 0 aliphatic carbocycles. The van der Waals surface area contributed by atoms with Crippen LogP contribution in [0, 0.1) is 0 Å². The molecule has 92 valence electrons. The quantitative estimate of drug-likeness (QED) is 0.471. The average molecular weight is 286 g/mol. The monoisotopic (exact) mass is 286 g/mol. The highest BCUT2D eigenvalue weighted by atomic mass is 32.2. The summed E-state index contributed by atoms with van der Waals surface area (Å²) >= 11 is 6.68. The lowest BCUT2D eigenvalue weighted by molar-refractivity contribution is 0.0578. The minimum Gasteiger partial charge on any atom is -0.458 e. The van der Waals surface area contributed by atoms with Crippen LogP contribution in [-0.4, -0.2) is 22.3 Å². The molecule has 1 atom stereocenters. The molecule has 5 heteroatoms. The van der Waals surface area contributed by atoms with Gasteiger partial charge in [0.15, 0.2) is 0 Å². The lowest BCUT2D eigenvalue weighted by Crippen LogP contribution is -2.03. The number of hydrogen-bond acceptors (Lipinski definition) is 4. The van der Waals surface area contributed by atoms with Gasteiger partial charge in [-0.3, -0.25) is 0 Å². The highest BCUT2D eigenvalue weighted by Crippen LogP contribution is 2.11. The van der Waals surface area contributed by atoms with Crippen LogP contribution in [0.2, 0.25) is 0 Å². The van der Waals surface area contributed by atoms with Gasteiger partial charge in [0.25, 0.3) is 0 Å². The topological polar surface area (TPSA) is 26.3 Å². The molecule has 1 aromatic rings. The van der Waals surface area contributed by atoms with Gasteiger partial charge in [0, 0.05) is 9.95 Å². The Labute approximate surface area is 114 Å². The van der Waals surface area contributed by atoms with Crippen molar-refractivity contribution in [1.29, 1.82) is 0 Å². The zero-order valence-corrected chi connectivity index (χ0v) is 12.4. The number of ether oxygens (including phenoxy) is 1. The molecule has 0 bridgehead atoms. The summed E-state index contributed by atoms with van der Waals surface area (Å²) in [6, 6.07) is 7.51. The molecular formula is C12H15O2PS2. The summed E-state index contributed by atoms with van der Waals surface area (Å²) in [6.45, 7) is 1.93. The molecule has 1 aromatic carbocycles. The zero-order valence-electron chi connectivity index (χ0n) is 9.64. The lowest BCUT2D eigenvalue weighted by atomic mass is 10.1. The standard InChI is InChI=1S/C12H15O2PS2/c1-9(16)17-7-6-10-2-4-11(5-3-10)12(13)14-8-15/h2-5H,6-8,15H2,1H3. The second kappa shape index (κ2) is 7.80. The summed E-state index contributed by atoms with van der Waals surface area (Å²) in [5.41, 5.74) is 1.80. The number of hydrogen-bond donors (Lipinski definition) is 0. The summed E-state index contributed by atoms with van der Waals surface area (Å²) in [6.07, 6.45) is 1.28. The van der Waals surface area contributed by atoms with Crippen LogP contribution in [0.1, 0.15) is 22.8 Å². The minimum absolute atomic E-state index is 0.282. The van der Waals surface area contributed by atoms with Gasteiger partial charge >= 0.3 is 5.97 Å². The van der Waals surface area contributed by atoms with E-state index in [0.29, 0.717) is 11.9 Å². The van der Waals surface area contributed by atoms with Crippen molar-refractivity contribution in [3.05, 3.63) is 35.4 Å². The number of aryl methyl sites for hydroxylation is 1. The Morgan fingerprint density at radius 2 is 2.06 bits per heavy atom. The van der Waals surface area contributed by atoms with Crippen LogP contribution in [-0.2, 0) is 11.2 Å². The maximum atomic E-state index is 11.4. The molecule has 0 aliphatic heterocycles. The van der Waals surface area contributed by atoms with Crippen molar-refractivity contribution in [1.82, 2.24) is 0 Å². The van der Waals surface area contributed by atoms with Crippen molar-refractivity contribution in [2.24, 2.45) is 0 Å². The second-order valence-electron chi connectivity index (χ2n) is 3.39. The maximum Gasteiger partial charge on any atom is 0.338 e. The Kier molecular flexibility index (Phi) is 6.71. The number of carbonyl (C=O) groups is 1. The molecule has 0 spiro atoms. The molecule has 0 aromatic heterocycles. The summed E-state index contributed by atoms with van der Waals surface area (Å²) in [5.74, 6) is 0.695. The molecule has 0 saturated carbocycles. The Bertz CT molecular complexity index is 390. The summed E-state index contributed by atoms with van der Waals surface area (Å²) in [4.78, 5) is 11.4. The van der Waals surface area contributed by atoms with Crippen LogP contribution in [0.25, 0.3) is 0 Å². The molecule has 0 N–H and O–H groups in total. The number of thiocarbonyl (C=S) groups is 1. The molecular weight excluding hydrogens is 271 g/mol. The number of thioether (sulfide) groups is 1. The summed E-state index contributed by atoms with van der Waals surface area (Å²) in [7, 11) is 2.36. The van der Waals surface area contributed by atoms with Crippen LogP contribution in [0.4, 0.5) is 0 Å². The van der Waals surface area contributed by atoms with Gasteiger partial charge in [-0.2, -0.15) is 0 Å². The molecule has 0 heterocycles. The number of rotatable bonds is 5. The Balaban J connectivity index is 2.50. The van der Waals surface area contributed by atoms with Crippen molar-refractivity contribution in [2.45, 2.75) is 13.3 Å². The minimum atomic E-state index is -0.282. The molecule has 1 unspecified atom stereocenters. The highest BCUT2D eigenvalue weighted by molar-refractivity contribution is 8.23. The maximum absolute atomic E-state index is 11.4. The zero-order chi connectivity index (χ0) is 12.7. The van der Waals surface area contributed by atoms with Gasteiger partial charge in [-0.25, -0.2) is 4.79 Å². The van der Waals surface area contributed by atoms with Crippen molar-refractivity contribution in [3.8, 4) is 0 Å². The fraction of sp³-hybridized carbons (Fsp3) is 0.333. The summed E-state index contributed by atoms with van der Waals surface area (Å²) < 4.78 is 5.85. The Morgan fingerprint density at radius 3 is 2.59 bits per heavy atom. The van der Waals surface area contributed by atoms with Crippen LogP contribution in [0.3, 0.4) is 0 Å². The molecule has 0 aliphatic rings. The van der Waals surface area contributed by atoms with Crippen molar-refractivity contribution >= 4 is 43.4 Å². The second-order valence-corrected chi connectivity index (χ2v) is 5.90. The third kappa shape index (κ3) is 5.62. The summed E-state index contributed by atoms with van der Waals surface area (Å²) in [5, 5.41) is 0. The van der Waals surface area contributed by atoms with E-state index in [1.165, 1.54) is 5.56 Å². The van der Waals surface area contributed by atoms with E-state index >= 15 is 0 Å². The largest absolute Gasteiger partial charge is 0.458 e. The van der Waals surface area contributed by atoms with E-state index in [-0.39, 0.29) is 5.97 Å². The first-order valence-electron chi connectivity index (χ1n) is 5.23. The number of benzene rings is 1. The van der Waals surface area contributed by atoms with Gasteiger partial charge in [0.2, 0.25) is 0 Å². The molecule has 1 rings (SSSR count). The average Bonchev–Trinajstić information content (AvgIpc) is 2.30. The predicted molar refractivity (Wildman–Crippen MR) is 80.9 cm³/mol. The van der Waals surface area contributed by atoms with Gasteiger partial charge in [-0.15, -0.1) is 11.8 Å². The molecule has 0 amide bonds. The van der Waals surface area contributed by atoms with E-state index in [1.54, 1.807) is 23.9 Å². The smallest absolute Gasteiger partial charge is 0.338 e. The molecule has 0 radical (unpaired) electrons. The van der Waals surface area contributed by atoms with Crippen LogP contribution >= 0.6 is 33.2 Å². The van der Waals surface area contributed by atoms with Crippen LogP contribution in [0.15, 0.2) is 24.3 Å². The fourth-order valence-electron chi connectivity index (χ4n) is 1.28. The molecule has 2 nitrogen and oxygen atoms in total. The van der Waals surface area contributed by atoms with E-state index in [4.69, 9.17) is 17.0 Å². The van der Waals surface area contributed by atoms with Gasteiger partial charge < -0.3 is 4.74 Å². The van der Waals surface area contributed by atoms with Crippen molar-refractivity contribution in [2.75, 3.05) is 12.1 Å². The van der Waals surface area contributed by atoms with Crippen molar-refractivity contribution in [3.63, 3.8) is 0 Å². The normalized spacial score (nSPS) is 10.0. The lowest BCUT2D eigenvalue weighted by Gasteiger charge is -2.04. The van der Waals surface area contributed by atoms with Crippen LogP contribution < -0.4 is 0 Å². The molecule has 0 fully saturated rings. The van der Waals surface area contributed by atoms with Gasteiger partial charge in [-0.05, 0) is 31.0 Å². The van der Waals surface area contributed by atoms with Gasteiger partial charge in [-0.1, -0.05) is 33.6 Å². The van der Waals surface area contributed by atoms with E-state index in [2.05, 4.69) is 9.24 Å². The van der Waals surface area contributed by atoms with E-state index in [9.17, 15) is 4.79 Å². The Morgan fingerprint density at radius 1 is 1.41 bits per heavy atom. The van der Waals surface area contributed by atoms with E-state index < -0.39 is 0 Å². The first kappa shape index (κ1) is 14.6. The van der Waals surface area contributed by atoms with Gasteiger partial charge in [0.05, 0.1) is 5.56 Å². The fourth-order valence-corrected chi connectivity index (χ4v) is 2.31. The molecule has 17 heavy (non-hydrogen) atoms.